The van der Waals surface area contributed by atoms with Crippen LogP contribution >= 0.6 is 0 Å². The topological polar surface area (TPSA) is 29.1 Å². The first-order chi connectivity index (χ1) is 5.29. The molecule has 1 unspecified atom stereocenters. The molecule has 0 radical (unpaired) electrons. The monoisotopic (exact) mass is 151 g/mol. The molecule has 1 amide bonds. The summed E-state index contributed by atoms with van der Waals surface area (Å²) in [5.41, 5.74) is 2.36. The second-order valence-corrected chi connectivity index (χ2v) is 3.42. The summed E-state index contributed by atoms with van der Waals surface area (Å²) in [5, 5.41) is 2.99. The minimum absolute atomic E-state index is 0.159. The zero-order valence-corrected chi connectivity index (χ0v) is 6.81. The molecule has 0 bridgehead atoms. The Hall–Kier alpha value is -0.790. The van der Waals surface area contributed by atoms with Crippen LogP contribution in [0.1, 0.15) is 32.6 Å². The summed E-state index contributed by atoms with van der Waals surface area (Å²) in [4.78, 5) is 11.2. The Balaban J connectivity index is 2.28. The van der Waals surface area contributed by atoms with Gasteiger partial charge >= 0.3 is 0 Å². The van der Waals surface area contributed by atoms with E-state index in [0.717, 1.165) is 18.4 Å². The maximum Gasteiger partial charge on any atom is 0.247 e. The SMILES string of the molecule is CC1=C2CCCCC2NC1=O. The van der Waals surface area contributed by atoms with E-state index in [2.05, 4.69) is 5.32 Å². The Kier molecular flexibility index (Phi) is 1.48. The van der Waals surface area contributed by atoms with Crippen LogP contribution < -0.4 is 5.32 Å². The first-order valence-corrected chi connectivity index (χ1v) is 4.29. The molecule has 2 aliphatic rings. The lowest BCUT2D eigenvalue weighted by Gasteiger charge is -2.20. The van der Waals surface area contributed by atoms with Crippen molar-refractivity contribution in [2.24, 2.45) is 0 Å². The van der Waals surface area contributed by atoms with E-state index in [4.69, 9.17) is 0 Å². The quantitative estimate of drug-likeness (QED) is 0.556. The highest BCUT2D eigenvalue weighted by Gasteiger charge is 2.29. The second-order valence-electron chi connectivity index (χ2n) is 3.42. The third-order valence-corrected chi connectivity index (χ3v) is 2.74. The highest BCUT2D eigenvalue weighted by molar-refractivity contribution is 5.97. The molecular formula is C9H13NO. The fraction of sp³-hybridized carbons (Fsp3) is 0.667. The van der Waals surface area contributed by atoms with Gasteiger partial charge < -0.3 is 5.32 Å². The summed E-state index contributed by atoms with van der Waals surface area (Å²) < 4.78 is 0. The lowest BCUT2D eigenvalue weighted by Crippen LogP contribution is -2.30. The van der Waals surface area contributed by atoms with Crippen LogP contribution in [-0.2, 0) is 4.79 Å². The molecule has 60 valence electrons. The van der Waals surface area contributed by atoms with Gasteiger partial charge in [0.25, 0.3) is 0 Å². The smallest absolute Gasteiger partial charge is 0.247 e. The number of carbonyl (C=O) groups excluding carboxylic acids is 1. The Morgan fingerprint density at radius 2 is 2.27 bits per heavy atom. The molecule has 0 saturated heterocycles. The summed E-state index contributed by atoms with van der Waals surface area (Å²) in [7, 11) is 0. The zero-order chi connectivity index (χ0) is 7.84. The van der Waals surface area contributed by atoms with E-state index in [1.165, 1.54) is 18.4 Å². The summed E-state index contributed by atoms with van der Waals surface area (Å²) in [6, 6.07) is 0.399. The number of rotatable bonds is 0. The van der Waals surface area contributed by atoms with Crippen molar-refractivity contribution in [1.29, 1.82) is 0 Å². The Morgan fingerprint density at radius 1 is 1.45 bits per heavy atom. The number of hydrogen-bond donors (Lipinski definition) is 1. The normalized spacial score (nSPS) is 30.3. The number of fused-ring (bicyclic) bond motifs is 1. The van der Waals surface area contributed by atoms with Gasteiger partial charge in [0.15, 0.2) is 0 Å². The third kappa shape index (κ3) is 0.971. The van der Waals surface area contributed by atoms with Crippen molar-refractivity contribution in [3.8, 4) is 0 Å². The van der Waals surface area contributed by atoms with Crippen LogP contribution in [0, 0.1) is 0 Å². The van der Waals surface area contributed by atoms with Crippen LogP contribution in [0.25, 0.3) is 0 Å². The largest absolute Gasteiger partial charge is 0.346 e. The van der Waals surface area contributed by atoms with E-state index in [9.17, 15) is 4.79 Å². The number of nitrogens with one attached hydrogen (secondary N) is 1. The van der Waals surface area contributed by atoms with Crippen LogP contribution in [0.4, 0.5) is 0 Å². The Labute approximate surface area is 66.7 Å². The molecule has 0 aromatic heterocycles. The maximum atomic E-state index is 11.2. The summed E-state index contributed by atoms with van der Waals surface area (Å²) >= 11 is 0. The third-order valence-electron chi connectivity index (χ3n) is 2.74. The summed E-state index contributed by atoms with van der Waals surface area (Å²) in [5.74, 6) is 0.159. The van der Waals surface area contributed by atoms with Gasteiger partial charge in [-0.25, -0.2) is 0 Å². The van der Waals surface area contributed by atoms with Gasteiger partial charge in [0.05, 0.1) is 6.04 Å². The van der Waals surface area contributed by atoms with Gasteiger partial charge in [-0.05, 0) is 31.8 Å². The number of carbonyl (C=O) groups is 1. The lowest BCUT2D eigenvalue weighted by molar-refractivity contribution is -0.117. The molecule has 11 heavy (non-hydrogen) atoms. The average molecular weight is 151 g/mol. The Morgan fingerprint density at radius 3 is 3.00 bits per heavy atom. The van der Waals surface area contributed by atoms with Crippen LogP contribution in [0.2, 0.25) is 0 Å². The summed E-state index contributed by atoms with van der Waals surface area (Å²) in [6.07, 6.45) is 4.81. The van der Waals surface area contributed by atoms with Crippen LogP contribution in [0.15, 0.2) is 11.1 Å². The van der Waals surface area contributed by atoms with E-state index in [1.807, 2.05) is 6.92 Å². The van der Waals surface area contributed by atoms with Crippen molar-refractivity contribution >= 4 is 5.91 Å². The van der Waals surface area contributed by atoms with Crippen molar-refractivity contribution < 1.29 is 4.79 Å². The molecule has 1 heterocycles. The Bertz CT molecular complexity index is 230. The van der Waals surface area contributed by atoms with Crippen molar-refractivity contribution in [1.82, 2.24) is 5.32 Å². The van der Waals surface area contributed by atoms with Crippen molar-refractivity contribution in [2.45, 2.75) is 38.6 Å². The van der Waals surface area contributed by atoms with Crippen molar-refractivity contribution in [2.75, 3.05) is 0 Å². The van der Waals surface area contributed by atoms with E-state index in [0.29, 0.717) is 6.04 Å². The molecular weight excluding hydrogens is 138 g/mol. The molecule has 2 rings (SSSR count). The maximum absolute atomic E-state index is 11.2. The predicted octanol–water partition coefficient (Wildman–Crippen LogP) is 1.38. The van der Waals surface area contributed by atoms with Crippen LogP contribution in [0.3, 0.4) is 0 Å². The summed E-state index contributed by atoms with van der Waals surface area (Å²) in [6.45, 7) is 1.94. The second kappa shape index (κ2) is 2.36. The molecule has 1 aliphatic carbocycles. The molecule has 1 N–H and O–H groups in total. The first-order valence-electron chi connectivity index (χ1n) is 4.29. The van der Waals surface area contributed by atoms with E-state index < -0.39 is 0 Å². The molecule has 0 aromatic rings. The van der Waals surface area contributed by atoms with Crippen LogP contribution in [0.5, 0.6) is 0 Å². The average Bonchev–Trinajstić information content (AvgIpc) is 2.30. The molecule has 0 spiro atoms. The minimum Gasteiger partial charge on any atom is -0.346 e. The van der Waals surface area contributed by atoms with Gasteiger partial charge in [-0.1, -0.05) is 6.42 Å². The molecule has 2 heteroatoms. The first kappa shape index (κ1) is 6.89. The minimum atomic E-state index is 0.159. The van der Waals surface area contributed by atoms with E-state index in [-0.39, 0.29) is 5.91 Å². The van der Waals surface area contributed by atoms with Gasteiger partial charge in [-0.3, -0.25) is 4.79 Å². The predicted molar refractivity (Wildman–Crippen MR) is 43.1 cm³/mol. The molecule has 1 aliphatic heterocycles. The zero-order valence-electron chi connectivity index (χ0n) is 6.81. The molecule has 0 aromatic carbocycles. The van der Waals surface area contributed by atoms with Gasteiger partial charge in [-0.15, -0.1) is 0 Å². The van der Waals surface area contributed by atoms with Crippen LogP contribution in [-0.4, -0.2) is 11.9 Å². The molecule has 1 saturated carbocycles. The van der Waals surface area contributed by atoms with E-state index in [1.54, 1.807) is 0 Å². The van der Waals surface area contributed by atoms with Gasteiger partial charge in [-0.2, -0.15) is 0 Å². The van der Waals surface area contributed by atoms with Gasteiger partial charge in [0, 0.05) is 5.57 Å². The van der Waals surface area contributed by atoms with E-state index >= 15 is 0 Å². The fourth-order valence-corrected chi connectivity index (χ4v) is 2.03. The highest BCUT2D eigenvalue weighted by Crippen LogP contribution is 2.30. The molecule has 1 atom stereocenters. The van der Waals surface area contributed by atoms with Crippen molar-refractivity contribution in [3.05, 3.63) is 11.1 Å². The number of hydrogen-bond acceptors (Lipinski definition) is 1. The highest BCUT2D eigenvalue weighted by atomic mass is 16.2. The van der Waals surface area contributed by atoms with Gasteiger partial charge in [0.2, 0.25) is 5.91 Å². The standard InChI is InChI=1S/C9H13NO/c1-6-7-4-2-3-5-8(7)10-9(6)11/h8H,2-5H2,1H3,(H,10,11). The van der Waals surface area contributed by atoms with Gasteiger partial charge in [0.1, 0.15) is 0 Å². The number of amides is 1. The molecule has 1 fully saturated rings. The van der Waals surface area contributed by atoms with Crippen molar-refractivity contribution in [3.63, 3.8) is 0 Å². The fourth-order valence-electron chi connectivity index (χ4n) is 2.03. The molecule has 2 nitrogen and oxygen atoms in total. The lowest BCUT2D eigenvalue weighted by atomic mass is 9.90.